The number of nitrogens with one attached hydrogen (secondary N) is 1. The molecule has 0 saturated carbocycles. The van der Waals surface area contributed by atoms with Gasteiger partial charge in [0.2, 0.25) is 0 Å². The Morgan fingerprint density at radius 1 is 1.05 bits per heavy atom. The summed E-state index contributed by atoms with van der Waals surface area (Å²) in [5.41, 5.74) is -0.0566. The van der Waals surface area contributed by atoms with E-state index in [0.717, 1.165) is 0 Å². The quantitative estimate of drug-likeness (QED) is 0.843. The molecule has 0 radical (unpaired) electrons. The first-order chi connectivity index (χ1) is 9.15. The van der Waals surface area contributed by atoms with Crippen LogP contribution in [-0.4, -0.2) is 32.6 Å². The zero-order chi connectivity index (χ0) is 14.0. The maximum absolute atomic E-state index is 11.8. The number of carbonyl (C=O) groups is 1. The molecule has 0 aliphatic heterocycles. The highest BCUT2D eigenvalue weighted by Crippen LogP contribution is 2.35. The monoisotopic (exact) mass is 263 g/mol. The number of aromatic amines is 1. The van der Waals surface area contributed by atoms with E-state index in [1.807, 2.05) is 0 Å². The number of ether oxygens (including phenoxy) is 3. The fraction of sp³-hybridized carbons (Fsp3) is 0.231. The lowest BCUT2D eigenvalue weighted by Crippen LogP contribution is -2.14. The third-order valence-electron chi connectivity index (χ3n) is 2.83. The molecule has 1 aromatic carbocycles. The molecule has 0 atom stereocenters. The van der Waals surface area contributed by atoms with Gasteiger partial charge in [0, 0.05) is 11.5 Å². The molecular formula is C13H13NO5. The van der Waals surface area contributed by atoms with Crippen LogP contribution in [0, 0.1) is 0 Å². The smallest absolute Gasteiger partial charge is 0.262 e. The minimum Gasteiger partial charge on any atom is -0.495 e. The number of pyridine rings is 1. The number of rotatable bonds is 4. The van der Waals surface area contributed by atoms with Gasteiger partial charge in [-0.15, -0.1) is 0 Å². The van der Waals surface area contributed by atoms with Crippen LogP contribution in [0.15, 0.2) is 16.9 Å². The van der Waals surface area contributed by atoms with E-state index in [-0.39, 0.29) is 11.3 Å². The maximum atomic E-state index is 11.8. The third-order valence-corrected chi connectivity index (χ3v) is 2.83. The topological polar surface area (TPSA) is 77.6 Å². The van der Waals surface area contributed by atoms with Crippen molar-refractivity contribution in [2.24, 2.45) is 0 Å². The van der Waals surface area contributed by atoms with Crippen LogP contribution in [0.4, 0.5) is 0 Å². The number of aldehydes is 1. The summed E-state index contributed by atoms with van der Waals surface area (Å²) in [5.74, 6) is 1.18. The predicted molar refractivity (Wildman–Crippen MR) is 69.6 cm³/mol. The van der Waals surface area contributed by atoms with Gasteiger partial charge >= 0.3 is 0 Å². The Balaban J connectivity index is 2.91. The molecule has 19 heavy (non-hydrogen) atoms. The van der Waals surface area contributed by atoms with Crippen LogP contribution in [0.1, 0.15) is 10.4 Å². The second kappa shape index (κ2) is 5.01. The van der Waals surface area contributed by atoms with Crippen molar-refractivity contribution >= 4 is 17.2 Å². The lowest BCUT2D eigenvalue weighted by atomic mass is 10.1. The molecule has 0 spiro atoms. The van der Waals surface area contributed by atoms with Gasteiger partial charge in [0.25, 0.3) is 5.56 Å². The molecule has 0 aliphatic rings. The van der Waals surface area contributed by atoms with Crippen LogP contribution in [0.25, 0.3) is 10.9 Å². The number of carbonyl (C=O) groups excluding carboxylic acids is 1. The first kappa shape index (κ1) is 12.9. The lowest BCUT2D eigenvalue weighted by Gasteiger charge is -2.12. The van der Waals surface area contributed by atoms with Crippen LogP contribution in [0.5, 0.6) is 17.2 Å². The number of benzene rings is 1. The number of methoxy groups -OCH3 is 3. The number of fused-ring (bicyclic) bond motifs is 1. The Morgan fingerprint density at radius 3 is 2.21 bits per heavy atom. The van der Waals surface area contributed by atoms with E-state index in [9.17, 15) is 9.59 Å². The summed E-state index contributed by atoms with van der Waals surface area (Å²) in [4.78, 5) is 25.3. The average Bonchev–Trinajstić information content (AvgIpc) is 2.44. The zero-order valence-corrected chi connectivity index (χ0v) is 10.8. The lowest BCUT2D eigenvalue weighted by molar-refractivity contribution is 0.111. The van der Waals surface area contributed by atoms with Gasteiger partial charge in [-0.25, -0.2) is 0 Å². The largest absolute Gasteiger partial charge is 0.495 e. The van der Waals surface area contributed by atoms with E-state index in [1.54, 1.807) is 12.1 Å². The van der Waals surface area contributed by atoms with Gasteiger partial charge in [-0.1, -0.05) is 0 Å². The van der Waals surface area contributed by atoms with Gasteiger partial charge in [0.15, 0.2) is 17.8 Å². The van der Waals surface area contributed by atoms with Crippen LogP contribution >= 0.6 is 0 Å². The van der Waals surface area contributed by atoms with E-state index in [4.69, 9.17) is 14.2 Å². The first-order valence-electron chi connectivity index (χ1n) is 5.47. The summed E-state index contributed by atoms with van der Waals surface area (Å²) in [6.45, 7) is 0. The highest BCUT2D eigenvalue weighted by molar-refractivity contribution is 5.95. The van der Waals surface area contributed by atoms with Crippen molar-refractivity contribution in [3.05, 3.63) is 28.0 Å². The van der Waals surface area contributed by atoms with E-state index in [1.165, 1.54) is 21.3 Å². The Labute approximate surface area is 108 Å². The van der Waals surface area contributed by atoms with Gasteiger partial charge in [-0.2, -0.15) is 0 Å². The molecule has 6 heteroatoms. The van der Waals surface area contributed by atoms with Crippen LogP contribution in [0.2, 0.25) is 0 Å². The summed E-state index contributed by atoms with van der Waals surface area (Å²) in [5, 5.41) is 0.571. The molecule has 6 nitrogen and oxygen atoms in total. The molecule has 2 rings (SSSR count). The number of hydrogen-bond acceptors (Lipinski definition) is 5. The predicted octanol–water partition coefficient (Wildman–Crippen LogP) is 1.37. The summed E-state index contributed by atoms with van der Waals surface area (Å²) in [6.07, 6.45) is 0.466. The number of H-pyrrole nitrogens is 1. The van der Waals surface area contributed by atoms with Crippen molar-refractivity contribution in [2.45, 2.75) is 0 Å². The fourth-order valence-corrected chi connectivity index (χ4v) is 1.94. The minimum absolute atomic E-state index is 0.0535. The summed E-state index contributed by atoms with van der Waals surface area (Å²) >= 11 is 0. The van der Waals surface area contributed by atoms with E-state index >= 15 is 0 Å². The van der Waals surface area contributed by atoms with E-state index in [2.05, 4.69) is 4.98 Å². The SMILES string of the molecule is COc1cc2[nH]c(=O)c(C=O)c(OC)c2cc1OC. The average molecular weight is 263 g/mol. The van der Waals surface area contributed by atoms with Crippen LogP contribution in [0.3, 0.4) is 0 Å². The van der Waals surface area contributed by atoms with Crippen molar-refractivity contribution in [1.82, 2.24) is 4.98 Å². The summed E-state index contributed by atoms with van der Waals surface area (Å²) in [6, 6.07) is 3.27. The minimum atomic E-state index is -0.508. The van der Waals surface area contributed by atoms with Crippen LogP contribution in [-0.2, 0) is 0 Å². The standard InChI is InChI=1S/C13H13NO5/c1-17-10-4-7-9(5-11(10)18-2)14-13(16)8(6-15)12(7)19-3/h4-6H,1-3H3,(H,14,16). The number of aromatic nitrogens is 1. The van der Waals surface area contributed by atoms with Gasteiger partial charge in [-0.05, 0) is 6.07 Å². The molecule has 1 heterocycles. The molecule has 0 unspecified atom stereocenters. The Hall–Kier alpha value is -2.50. The Kier molecular flexibility index (Phi) is 3.41. The molecule has 0 bridgehead atoms. The van der Waals surface area contributed by atoms with Crippen LogP contribution < -0.4 is 19.8 Å². The Bertz CT molecular complexity index is 689. The van der Waals surface area contributed by atoms with Gasteiger partial charge in [-0.3, -0.25) is 9.59 Å². The number of hydrogen-bond donors (Lipinski definition) is 1. The highest BCUT2D eigenvalue weighted by atomic mass is 16.5. The second-order valence-corrected chi connectivity index (χ2v) is 3.77. The second-order valence-electron chi connectivity index (χ2n) is 3.77. The van der Waals surface area contributed by atoms with Crippen molar-refractivity contribution in [2.75, 3.05) is 21.3 Å². The molecule has 2 aromatic rings. The summed E-state index contributed by atoms with van der Waals surface area (Å²) in [7, 11) is 4.40. The highest BCUT2D eigenvalue weighted by Gasteiger charge is 2.15. The Morgan fingerprint density at radius 2 is 1.68 bits per heavy atom. The molecule has 1 aromatic heterocycles. The fourth-order valence-electron chi connectivity index (χ4n) is 1.94. The van der Waals surface area contributed by atoms with E-state index in [0.29, 0.717) is 28.7 Å². The zero-order valence-electron chi connectivity index (χ0n) is 10.8. The molecule has 0 saturated heterocycles. The molecule has 1 N–H and O–H groups in total. The third kappa shape index (κ3) is 2.01. The van der Waals surface area contributed by atoms with Gasteiger partial charge < -0.3 is 19.2 Å². The normalized spacial score (nSPS) is 10.3. The molecule has 0 fully saturated rings. The van der Waals surface area contributed by atoms with Crippen molar-refractivity contribution in [1.29, 1.82) is 0 Å². The summed E-state index contributed by atoms with van der Waals surface area (Å²) < 4.78 is 15.5. The van der Waals surface area contributed by atoms with E-state index < -0.39 is 5.56 Å². The van der Waals surface area contributed by atoms with Crippen molar-refractivity contribution < 1.29 is 19.0 Å². The van der Waals surface area contributed by atoms with Crippen molar-refractivity contribution in [3.8, 4) is 17.2 Å². The molecule has 0 amide bonds. The first-order valence-corrected chi connectivity index (χ1v) is 5.47. The molecule has 100 valence electrons. The molecular weight excluding hydrogens is 250 g/mol. The van der Waals surface area contributed by atoms with Gasteiger partial charge in [0.05, 0.1) is 26.8 Å². The van der Waals surface area contributed by atoms with Gasteiger partial charge in [0.1, 0.15) is 11.3 Å². The molecule has 0 aliphatic carbocycles. The van der Waals surface area contributed by atoms with Crippen molar-refractivity contribution in [3.63, 3.8) is 0 Å². The maximum Gasteiger partial charge on any atom is 0.262 e.